The highest BCUT2D eigenvalue weighted by Crippen LogP contribution is 2.13. The number of nitriles is 1. The number of nitrogens with zero attached hydrogens (tertiary/aromatic N) is 4. The Labute approximate surface area is 165 Å². The Hall–Kier alpha value is -3.17. The molecule has 6 nitrogen and oxygen atoms in total. The van der Waals surface area contributed by atoms with Crippen molar-refractivity contribution >= 4 is 12.1 Å². The van der Waals surface area contributed by atoms with E-state index in [1.807, 2.05) is 53.4 Å². The third kappa shape index (κ3) is 5.18. The van der Waals surface area contributed by atoms with Gasteiger partial charge in [0, 0.05) is 38.3 Å². The number of hydrogen-bond donors (Lipinski definition) is 0. The van der Waals surface area contributed by atoms with Gasteiger partial charge in [-0.25, -0.2) is 0 Å². The Morgan fingerprint density at radius 2 is 1.86 bits per heavy atom. The van der Waals surface area contributed by atoms with Crippen molar-refractivity contribution in [2.24, 2.45) is 5.16 Å². The molecule has 0 atom stereocenters. The highest BCUT2D eigenvalue weighted by molar-refractivity contribution is 5.95. The molecule has 0 bridgehead atoms. The lowest BCUT2D eigenvalue weighted by Crippen LogP contribution is -2.35. The van der Waals surface area contributed by atoms with Gasteiger partial charge in [-0.05, 0) is 41.8 Å². The van der Waals surface area contributed by atoms with Crippen LogP contribution < -0.4 is 0 Å². The van der Waals surface area contributed by atoms with Gasteiger partial charge in [-0.3, -0.25) is 9.69 Å². The maximum atomic E-state index is 12.8. The zero-order valence-electron chi connectivity index (χ0n) is 16.0. The second-order valence-corrected chi connectivity index (χ2v) is 6.77. The average Bonchev–Trinajstić information content (AvgIpc) is 2.98. The van der Waals surface area contributed by atoms with Crippen LogP contribution >= 0.6 is 0 Å². The van der Waals surface area contributed by atoms with E-state index >= 15 is 0 Å². The Morgan fingerprint density at radius 3 is 2.54 bits per heavy atom. The molecule has 1 fully saturated rings. The molecule has 1 saturated heterocycles. The zero-order valence-corrected chi connectivity index (χ0v) is 16.0. The van der Waals surface area contributed by atoms with Crippen molar-refractivity contribution in [2.75, 3.05) is 33.3 Å². The van der Waals surface area contributed by atoms with Crippen molar-refractivity contribution in [3.8, 4) is 6.07 Å². The molecule has 0 radical (unpaired) electrons. The standard InChI is InChI=1S/C22H24N4O2/c1-28-24-16-19-7-9-21(10-8-19)22(27)26-12-2-11-25(13-14-26)17-20-5-3-18(15-23)4-6-20/h3-10,16H,2,11-14,17H2,1H3/b24-16+. The third-order valence-corrected chi connectivity index (χ3v) is 4.83. The number of rotatable bonds is 5. The van der Waals surface area contributed by atoms with Gasteiger partial charge in [-0.15, -0.1) is 0 Å². The number of carbonyl (C=O) groups excluding carboxylic acids is 1. The topological polar surface area (TPSA) is 68.9 Å². The monoisotopic (exact) mass is 376 g/mol. The molecule has 1 aliphatic heterocycles. The molecule has 3 rings (SSSR count). The number of carbonyl (C=O) groups is 1. The lowest BCUT2D eigenvalue weighted by atomic mass is 10.1. The average molecular weight is 376 g/mol. The van der Waals surface area contributed by atoms with Gasteiger partial charge in [-0.2, -0.15) is 5.26 Å². The van der Waals surface area contributed by atoms with Gasteiger partial charge in [0.2, 0.25) is 0 Å². The summed E-state index contributed by atoms with van der Waals surface area (Å²) in [6.07, 6.45) is 2.56. The Balaban J connectivity index is 1.57. The number of benzene rings is 2. The predicted molar refractivity (Wildman–Crippen MR) is 108 cm³/mol. The van der Waals surface area contributed by atoms with Crippen LogP contribution in [-0.2, 0) is 11.4 Å². The van der Waals surface area contributed by atoms with E-state index < -0.39 is 0 Å². The van der Waals surface area contributed by atoms with E-state index in [1.165, 1.54) is 12.7 Å². The quantitative estimate of drug-likeness (QED) is 0.594. The van der Waals surface area contributed by atoms with Crippen LogP contribution in [0.25, 0.3) is 0 Å². The van der Waals surface area contributed by atoms with Gasteiger partial charge in [0.1, 0.15) is 7.11 Å². The van der Waals surface area contributed by atoms with Crippen LogP contribution in [0.15, 0.2) is 53.7 Å². The normalized spacial score (nSPS) is 15.2. The molecule has 0 N–H and O–H groups in total. The summed E-state index contributed by atoms with van der Waals surface area (Å²) in [4.78, 5) is 21.8. The molecule has 0 unspecified atom stereocenters. The molecule has 28 heavy (non-hydrogen) atoms. The summed E-state index contributed by atoms with van der Waals surface area (Å²) in [5, 5.41) is 12.6. The largest absolute Gasteiger partial charge is 0.399 e. The molecule has 0 saturated carbocycles. The fourth-order valence-electron chi connectivity index (χ4n) is 3.28. The van der Waals surface area contributed by atoms with E-state index in [1.54, 1.807) is 6.21 Å². The molecule has 1 amide bonds. The summed E-state index contributed by atoms with van der Waals surface area (Å²) < 4.78 is 0. The first-order valence-electron chi connectivity index (χ1n) is 9.37. The van der Waals surface area contributed by atoms with E-state index in [2.05, 4.69) is 21.0 Å². The number of amides is 1. The molecule has 6 heteroatoms. The van der Waals surface area contributed by atoms with E-state index in [9.17, 15) is 4.79 Å². The summed E-state index contributed by atoms with van der Waals surface area (Å²) in [6, 6.07) is 17.2. The van der Waals surface area contributed by atoms with Crippen LogP contribution in [-0.4, -0.2) is 55.2 Å². The molecule has 2 aromatic carbocycles. The van der Waals surface area contributed by atoms with Crippen LogP contribution in [0, 0.1) is 11.3 Å². The van der Waals surface area contributed by atoms with Crippen molar-refractivity contribution in [3.63, 3.8) is 0 Å². The first-order valence-corrected chi connectivity index (χ1v) is 9.37. The van der Waals surface area contributed by atoms with E-state index in [0.29, 0.717) is 17.7 Å². The molecule has 1 aliphatic rings. The summed E-state index contributed by atoms with van der Waals surface area (Å²) >= 11 is 0. The highest BCUT2D eigenvalue weighted by atomic mass is 16.6. The molecule has 1 heterocycles. The van der Waals surface area contributed by atoms with Crippen molar-refractivity contribution in [3.05, 3.63) is 70.8 Å². The van der Waals surface area contributed by atoms with Gasteiger partial charge < -0.3 is 9.74 Å². The van der Waals surface area contributed by atoms with E-state index in [0.717, 1.165) is 38.2 Å². The molecule has 0 aromatic heterocycles. The maximum Gasteiger partial charge on any atom is 0.253 e. The van der Waals surface area contributed by atoms with E-state index in [4.69, 9.17) is 5.26 Å². The van der Waals surface area contributed by atoms with Crippen LogP contribution in [0.2, 0.25) is 0 Å². The third-order valence-electron chi connectivity index (χ3n) is 4.83. The molecular weight excluding hydrogens is 352 g/mol. The van der Waals surface area contributed by atoms with Crippen LogP contribution in [0.3, 0.4) is 0 Å². The smallest absolute Gasteiger partial charge is 0.253 e. The Morgan fingerprint density at radius 1 is 1.11 bits per heavy atom. The van der Waals surface area contributed by atoms with Crippen molar-refractivity contribution in [1.82, 2.24) is 9.80 Å². The SMILES string of the molecule is CO/N=C/c1ccc(C(=O)N2CCCN(Cc3ccc(C#N)cc3)CC2)cc1. The fourth-order valence-corrected chi connectivity index (χ4v) is 3.28. The minimum atomic E-state index is 0.0652. The first kappa shape index (κ1) is 19.6. The Bertz CT molecular complexity index is 854. The Kier molecular flexibility index (Phi) is 6.77. The van der Waals surface area contributed by atoms with Gasteiger partial charge in [0.25, 0.3) is 5.91 Å². The van der Waals surface area contributed by atoms with Gasteiger partial charge >= 0.3 is 0 Å². The highest BCUT2D eigenvalue weighted by Gasteiger charge is 2.20. The van der Waals surface area contributed by atoms with E-state index in [-0.39, 0.29) is 5.91 Å². The second kappa shape index (κ2) is 9.67. The summed E-state index contributed by atoms with van der Waals surface area (Å²) in [5.41, 5.74) is 3.45. The molecule has 0 spiro atoms. The van der Waals surface area contributed by atoms with Crippen molar-refractivity contribution < 1.29 is 9.63 Å². The maximum absolute atomic E-state index is 12.8. The van der Waals surface area contributed by atoms with Crippen LogP contribution in [0.4, 0.5) is 0 Å². The fraction of sp³-hybridized carbons (Fsp3) is 0.318. The minimum absolute atomic E-state index is 0.0652. The summed E-state index contributed by atoms with van der Waals surface area (Å²) in [5.74, 6) is 0.0652. The molecule has 2 aromatic rings. The van der Waals surface area contributed by atoms with Gasteiger partial charge in [0.05, 0.1) is 17.8 Å². The molecule has 0 aliphatic carbocycles. The zero-order chi connectivity index (χ0) is 19.8. The van der Waals surface area contributed by atoms with Gasteiger partial charge in [-0.1, -0.05) is 29.4 Å². The first-order chi connectivity index (χ1) is 13.7. The van der Waals surface area contributed by atoms with Crippen LogP contribution in [0.1, 0.15) is 33.5 Å². The van der Waals surface area contributed by atoms with Crippen molar-refractivity contribution in [1.29, 1.82) is 5.26 Å². The summed E-state index contributed by atoms with van der Waals surface area (Å²) in [7, 11) is 1.50. The van der Waals surface area contributed by atoms with Crippen LogP contribution in [0.5, 0.6) is 0 Å². The second-order valence-electron chi connectivity index (χ2n) is 6.77. The lowest BCUT2D eigenvalue weighted by Gasteiger charge is -2.22. The molecule has 144 valence electrons. The minimum Gasteiger partial charge on any atom is -0.399 e. The lowest BCUT2D eigenvalue weighted by molar-refractivity contribution is 0.0761. The predicted octanol–water partition coefficient (Wildman–Crippen LogP) is 2.89. The number of oxime groups is 1. The summed E-state index contributed by atoms with van der Waals surface area (Å²) in [6.45, 7) is 4.10. The molecular formula is C22H24N4O2. The number of hydrogen-bond acceptors (Lipinski definition) is 5. The van der Waals surface area contributed by atoms with Gasteiger partial charge in [0.15, 0.2) is 0 Å². The van der Waals surface area contributed by atoms with Crippen molar-refractivity contribution in [2.45, 2.75) is 13.0 Å².